The van der Waals surface area contributed by atoms with Crippen LogP contribution in [0.1, 0.15) is 28.8 Å². The van der Waals surface area contributed by atoms with Crippen molar-refractivity contribution in [2.45, 2.75) is 19.0 Å². The fourth-order valence-electron chi connectivity index (χ4n) is 2.11. The molecule has 1 aromatic rings. The third-order valence-corrected chi connectivity index (χ3v) is 3.26. The Bertz CT molecular complexity index is 471. The summed E-state index contributed by atoms with van der Waals surface area (Å²) in [7, 11) is 0. The minimum atomic E-state index is -4.56. The van der Waals surface area contributed by atoms with Crippen LogP contribution in [0.2, 0.25) is 0 Å². The number of hydrogen-bond donors (Lipinski definition) is 1. The van der Waals surface area contributed by atoms with Gasteiger partial charge in [0, 0.05) is 32.2 Å². The Morgan fingerprint density at radius 3 is 2.75 bits per heavy atom. The normalized spacial score (nSPS) is 16.9. The molecule has 2 heterocycles. The lowest BCUT2D eigenvalue weighted by molar-refractivity contribution is -0.138. The number of hydrogen-bond acceptors (Lipinski definition) is 3. The van der Waals surface area contributed by atoms with Crippen LogP contribution in [-0.2, 0) is 10.9 Å². The number of alkyl halides is 3. The Morgan fingerprint density at radius 2 is 2.10 bits per heavy atom. The van der Waals surface area contributed by atoms with Gasteiger partial charge in [0.2, 0.25) is 0 Å². The third kappa shape index (κ3) is 3.69. The van der Waals surface area contributed by atoms with E-state index in [4.69, 9.17) is 4.74 Å². The van der Waals surface area contributed by atoms with Crippen LogP contribution in [0.3, 0.4) is 0 Å². The molecule has 0 unspecified atom stereocenters. The van der Waals surface area contributed by atoms with Crippen molar-refractivity contribution in [1.29, 1.82) is 0 Å². The van der Waals surface area contributed by atoms with Gasteiger partial charge in [0.1, 0.15) is 0 Å². The van der Waals surface area contributed by atoms with Gasteiger partial charge in [-0.05, 0) is 24.8 Å². The summed E-state index contributed by atoms with van der Waals surface area (Å²) in [6, 6.07) is 0.809. The fraction of sp³-hybridized carbons (Fsp3) is 0.538. The van der Waals surface area contributed by atoms with Gasteiger partial charge in [0.15, 0.2) is 0 Å². The van der Waals surface area contributed by atoms with Crippen molar-refractivity contribution in [3.05, 3.63) is 29.6 Å². The van der Waals surface area contributed by atoms with E-state index in [1.165, 1.54) is 0 Å². The molecule has 1 saturated heterocycles. The second-order valence-corrected chi connectivity index (χ2v) is 4.68. The molecule has 1 amide bonds. The SMILES string of the molecule is O=C(NCC1CCOCC1)c1cnccc1C(F)(F)F. The monoisotopic (exact) mass is 288 g/mol. The van der Waals surface area contributed by atoms with Gasteiger partial charge in [-0.1, -0.05) is 0 Å². The van der Waals surface area contributed by atoms with E-state index in [-0.39, 0.29) is 5.92 Å². The summed E-state index contributed by atoms with van der Waals surface area (Å²) < 4.78 is 43.5. The second kappa shape index (κ2) is 6.21. The van der Waals surface area contributed by atoms with Gasteiger partial charge >= 0.3 is 6.18 Å². The van der Waals surface area contributed by atoms with E-state index in [9.17, 15) is 18.0 Å². The molecule has 1 N–H and O–H groups in total. The standard InChI is InChI=1S/C13H15F3N2O2/c14-13(15,16)11-1-4-17-8-10(11)12(19)18-7-9-2-5-20-6-3-9/h1,4,8-9H,2-3,5-7H2,(H,18,19). The molecular formula is C13H15F3N2O2. The first-order valence-corrected chi connectivity index (χ1v) is 6.35. The van der Waals surface area contributed by atoms with E-state index in [1.807, 2.05) is 0 Å². The minimum Gasteiger partial charge on any atom is -0.381 e. The minimum absolute atomic E-state index is 0.249. The van der Waals surface area contributed by atoms with Gasteiger partial charge in [-0.2, -0.15) is 13.2 Å². The molecule has 4 nitrogen and oxygen atoms in total. The van der Waals surface area contributed by atoms with Crippen molar-refractivity contribution in [2.24, 2.45) is 5.92 Å². The highest BCUT2D eigenvalue weighted by molar-refractivity contribution is 5.95. The first kappa shape index (κ1) is 14.8. The summed E-state index contributed by atoms with van der Waals surface area (Å²) >= 11 is 0. The Kier molecular flexibility index (Phi) is 4.59. The molecule has 0 spiro atoms. The smallest absolute Gasteiger partial charge is 0.381 e. The van der Waals surface area contributed by atoms with Gasteiger partial charge in [-0.15, -0.1) is 0 Å². The summed E-state index contributed by atoms with van der Waals surface area (Å²) in [4.78, 5) is 15.5. The van der Waals surface area contributed by atoms with E-state index in [0.717, 1.165) is 31.3 Å². The maximum absolute atomic E-state index is 12.8. The van der Waals surface area contributed by atoms with E-state index in [0.29, 0.717) is 19.8 Å². The highest BCUT2D eigenvalue weighted by atomic mass is 19.4. The van der Waals surface area contributed by atoms with Crippen LogP contribution in [0.15, 0.2) is 18.5 Å². The lowest BCUT2D eigenvalue weighted by Crippen LogP contribution is -2.33. The number of aromatic nitrogens is 1. The molecule has 1 aliphatic heterocycles. The molecule has 7 heteroatoms. The summed E-state index contributed by atoms with van der Waals surface area (Å²) in [6.45, 7) is 1.61. The fourth-order valence-corrected chi connectivity index (χ4v) is 2.11. The largest absolute Gasteiger partial charge is 0.417 e. The van der Waals surface area contributed by atoms with E-state index < -0.39 is 23.2 Å². The molecule has 20 heavy (non-hydrogen) atoms. The van der Waals surface area contributed by atoms with Gasteiger partial charge in [-0.3, -0.25) is 9.78 Å². The predicted octanol–water partition coefficient (Wildman–Crippen LogP) is 2.26. The maximum Gasteiger partial charge on any atom is 0.417 e. The van der Waals surface area contributed by atoms with E-state index in [1.54, 1.807) is 0 Å². The molecule has 0 atom stereocenters. The highest BCUT2D eigenvalue weighted by Crippen LogP contribution is 2.31. The summed E-state index contributed by atoms with van der Waals surface area (Å²) in [6.07, 6.45) is -0.979. The van der Waals surface area contributed by atoms with Crippen molar-refractivity contribution in [3.8, 4) is 0 Å². The number of carbonyl (C=O) groups is 1. The van der Waals surface area contributed by atoms with Crippen LogP contribution in [0.5, 0.6) is 0 Å². The van der Waals surface area contributed by atoms with Gasteiger partial charge in [0.05, 0.1) is 11.1 Å². The number of halogens is 3. The summed E-state index contributed by atoms with van der Waals surface area (Å²) in [5.41, 5.74) is -1.40. The predicted molar refractivity (Wildman–Crippen MR) is 65.1 cm³/mol. The average molecular weight is 288 g/mol. The van der Waals surface area contributed by atoms with E-state index in [2.05, 4.69) is 10.3 Å². The first-order valence-electron chi connectivity index (χ1n) is 6.35. The first-order chi connectivity index (χ1) is 9.48. The zero-order chi connectivity index (χ0) is 14.6. The van der Waals surface area contributed by atoms with Crippen molar-refractivity contribution < 1.29 is 22.7 Å². The molecule has 0 radical (unpaired) electrons. The Balaban J connectivity index is 2.02. The van der Waals surface area contributed by atoms with Crippen molar-refractivity contribution in [3.63, 3.8) is 0 Å². The molecule has 0 aromatic carbocycles. The number of rotatable bonds is 3. The molecule has 0 saturated carbocycles. The Labute approximate surface area is 114 Å². The molecule has 0 aliphatic carbocycles. The number of ether oxygens (including phenoxy) is 1. The van der Waals surface area contributed by atoms with Gasteiger partial charge in [-0.25, -0.2) is 0 Å². The number of amides is 1. The molecule has 1 aliphatic rings. The lowest BCUT2D eigenvalue weighted by atomic mass is 10.00. The Hall–Kier alpha value is -1.63. The van der Waals surface area contributed by atoms with Crippen LogP contribution in [0.25, 0.3) is 0 Å². The zero-order valence-corrected chi connectivity index (χ0v) is 10.7. The number of carbonyl (C=O) groups excluding carboxylic acids is 1. The molecule has 110 valence electrons. The van der Waals surface area contributed by atoms with Crippen LogP contribution < -0.4 is 5.32 Å². The van der Waals surface area contributed by atoms with Crippen LogP contribution in [0.4, 0.5) is 13.2 Å². The zero-order valence-electron chi connectivity index (χ0n) is 10.7. The topological polar surface area (TPSA) is 51.2 Å². The molecule has 1 aromatic heterocycles. The Morgan fingerprint density at radius 1 is 1.40 bits per heavy atom. The maximum atomic E-state index is 12.8. The van der Waals surface area contributed by atoms with Crippen LogP contribution in [0, 0.1) is 5.92 Å². The van der Waals surface area contributed by atoms with Crippen LogP contribution >= 0.6 is 0 Å². The van der Waals surface area contributed by atoms with Gasteiger partial charge < -0.3 is 10.1 Å². The second-order valence-electron chi connectivity index (χ2n) is 4.68. The average Bonchev–Trinajstić information content (AvgIpc) is 2.45. The van der Waals surface area contributed by atoms with Crippen LogP contribution in [-0.4, -0.2) is 30.6 Å². The van der Waals surface area contributed by atoms with Crippen molar-refractivity contribution in [1.82, 2.24) is 10.3 Å². The third-order valence-electron chi connectivity index (χ3n) is 3.26. The summed E-state index contributed by atoms with van der Waals surface area (Å²) in [5, 5.41) is 2.55. The molecular weight excluding hydrogens is 273 g/mol. The number of nitrogens with zero attached hydrogens (tertiary/aromatic N) is 1. The lowest BCUT2D eigenvalue weighted by Gasteiger charge is -2.22. The van der Waals surface area contributed by atoms with Crippen molar-refractivity contribution >= 4 is 5.91 Å². The highest BCUT2D eigenvalue weighted by Gasteiger charge is 2.35. The van der Waals surface area contributed by atoms with Gasteiger partial charge in [0.25, 0.3) is 5.91 Å². The molecule has 2 rings (SSSR count). The quantitative estimate of drug-likeness (QED) is 0.928. The number of nitrogens with one attached hydrogen (secondary N) is 1. The molecule has 1 fully saturated rings. The molecule has 0 bridgehead atoms. The number of pyridine rings is 1. The van der Waals surface area contributed by atoms with Crippen molar-refractivity contribution in [2.75, 3.05) is 19.8 Å². The van der Waals surface area contributed by atoms with E-state index >= 15 is 0 Å². The summed E-state index contributed by atoms with van der Waals surface area (Å²) in [5.74, 6) is -0.490.